The molecule has 0 bridgehead atoms. The van der Waals surface area contributed by atoms with E-state index in [0.29, 0.717) is 19.3 Å². The zero-order chi connectivity index (χ0) is 28.8. The van der Waals surface area contributed by atoms with Gasteiger partial charge in [-0.3, -0.25) is 19.2 Å². The Hall–Kier alpha value is -3.26. The van der Waals surface area contributed by atoms with Crippen LogP contribution in [0.4, 0.5) is 5.69 Å². The molecule has 8 heteroatoms. The molecule has 5 rings (SSSR count). The van der Waals surface area contributed by atoms with Crippen molar-refractivity contribution in [2.75, 3.05) is 32.1 Å². The number of allylic oxidation sites excluding steroid dienone is 4. The summed E-state index contributed by atoms with van der Waals surface area (Å²) in [5.74, 6) is -1.06. The van der Waals surface area contributed by atoms with Gasteiger partial charge in [0.05, 0.1) is 6.54 Å². The lowest BCUT2D eigenvalue weighted by Crippen LogP contribution is -2.58. The fourth-order valence-electron chi connectivity index (χ4n) is 8.20. The Morgan fingerprint density at radius 1 is 1.07 bits per heavy atom. The molecule has 0 spiro atoms. The molecular weight excluding hydrogens is 508 g/mol. The molecule has 5 atom stereocenters. The molecule has 3 unspecified atom stereocenters. The van der Waals surface area contributed by atoms with E-state index in [2.05, 4.69) is 36.1 Å². The minimum Gasteiger partial charge on any atom is -0.457 e. The number of esters is 2. The zero-order valence-electron chi connectivity index (χ0n) is 24.0. The monoisotopic (exact) mass is 548 g/mol. The number of carbonyl (C=O) groups is 4. The summed E-state index contributed by atoms with van der Waals surface area (Å²) in [5.41, 5.74) is 9.45. The molecular formula is C32H40N2O6. The smallest absolute Gasteiger partial charge is 0.320 e. The lowest BCUT2D eigenvalue weighted by atomic mass is 9.50. The molecule has 0 heterocycles. The number of rotatable bonds is 7. The summed E-state index contributed by atoms with van der Waals surface area (Å²) in [5, 5.41) is 0. The van der Waals surface area contributed by atoms with Crippen molar-refractivity contribution in [3.05, 3.63) is 52.6 Å². The topological polar surface area (TPSA) is 116 Å². The van der Waals surface area contributed by atoms with Crippen LogP contribution in [0.3, 0.4) is 0 Å². The van der Waals surface area contributed by atoms with Crippen molar-refractivity contribution in [2.45, 2.75) is 70.3 Å². The van der Waals surface area contributed by atoms with Gasteiger partial charge in [-0.15, -0.1) is 0 Å². The Balaban J connectivity index is 1.64. The van der Waals surface area contributed by atoms with Crippen molar-refractivity contribution < 1.29 is 28.7 Å². The molecule has 0 radical (unpaired) electrons. The molecule has 4 aliphatic carbocycles. The van der Waals surface area contributed by atoms with Crippen molar-refractivity contribution in [3.63, 3.8) is 0 Å². The van der Waals surface area contributed by atoms with Crippen LogP contribution in [-0.4, -0.2) is 56.4 Å². The highest BCUT2D eigenvalue weighted by atomic mass is 16.6. The highest BCUT2D eigenvalue weighted by molar-refractivity contribution is 5.94. The third-order valence-corrected chi connectivity index (χ3v) is 9.97. The molecule has 0 aromatic heterocycles. The quantitative estimate of drug-likeness (QED) is 0.508. The maximum absolute atomic E-state index is 13.9. The number of nitrogens with zero attached hydrogens (tertiary/aromatic N) is 1. The molecule has 40 heavy (non-hydrogen) atoms. The van der Waals surface area contributed by atoms with Crippen molar-refractivity contribution in [1.29, 1.82) is 0 Å². The molecule has 1 aromatic rings. The van der Waals surface area contributed by atoms with Crippen molar-refractivity contribution in [1.82, 2.24) is 0 Å². The minimum absolute atomic E-state index is 0.00166. The molecule has 4 aliphatic rings. The SMILES string of the molecule is CC(=O)O[C@@]1(C(=O)COC(=O)CN)CCC2C3CCC4=CC(=O)CCC4=C3C(c3ccc(N(C)C)cc3)C[C@@]21C. The van der Waals surface area contributed by atoms with Gasteiger partial charge in [0.2, 0.25) is 5.78 Å². The minimum atomic E-state index is -1.39. The Morgan fingerprint density at radius 3 is 2.45 bits per heavy atom. The van der Waals surface area contributed by atoms with E-state index < -0.39 is 29.6 Å². The first-order valence-electron chi connectivity index (χ1n) is 14.3. The summed E-state index contributed by atoms with van der Waals surface area (Å²) in [6, 6.07) is 8.54. The van der Waals surface area contributed by atoms with Crippen LogP contribution in [0, 0.1) is 17.3 Å². The fraction of sp³-hybridized carbons (Fsp3) is 0.562. The van der Waals surface area contributed by atoms with Gasteiger partial charge in [0.1, 0.15) is 0 Å². The van der Waals surface area contributed by atoms with E-state index in [0.717, 1.165) is 42.5 Å². The van der Waals surface area contributed by atoms with Gasteiger partial charge in [0, 0.05) is 44.5 Å². The summed E-state index contributed by atoms with van der Waals surface area (Å²) in [6.07, 6.45) is 6.55. The van der Waals surface area contributed by atoms with Gasteiger partial charge < -0.3 is 20.1 Å². The Morgan fingerprint density at radius 2 is 1.80 bits per heavy atom. The van der Waals surface area contributed by atoms with E-state index >= 15 is 0 Å². The number of ketones is 2. The normalized spacial score (nSPS) is 31.0. The predicted molar refractivity (Wildman–Crippen MR) is 151 cm³/mol. The van der Waals surface area contributed by atoms with Crippen molar-refractivity contribution in [2.24, 2.45) is 23.0 Å². The molecule has 2 fully saturated rings. The Bertz CT molecular complexity index is 1290. The van der Waals surface area contributed by atoms with E-state index in [1.54, 1.807) is 0 Å². The molecule has 8 nitrogen and oxygen atoms in total. The van der Waals surface area contributed by atoms with Crippen molar-refractivity contribution >= 4 is 29.2 Å². The number of ether oxygens (including phenoxy) is 2. The lowest BCUT2D eigenvalue weighted by molar-refractivity contribution is -0.186. The summed E-state index contributed by atoms with van der Waals surface area (Å²) in [7, 11) is 4.02. The molecule has 1 aromatic carbocycles. The molecule has 0 aliphatic heterocycles. The lowest BCUT2D eigenvalue weighted by Gasteiger charge is -2.55. The van der Waals surface area contributed by atoms with Gasteiger partial charge in [-0.2, -0.15) is 0 Å². The van der Waals surface area contributed by atoms with Crippen LogP contribution in [0.25, 0.3) is 0 Å². The highest BCUT2D eigenvalue weighted by Crippen LogP contribution is 2.67. The van der Waals surface area contributed by atoms with Crippen LogP contribution < -0.4 is 10.6 Å². The third kappa shape index (κ3) is 4.60. The van der Waals surface area contributed by atoms with Gasteiger partial charge in [0.25, 0.3) is 0 Å². The van der Waals surface area contributed by atoms with E-state index in [9.17, 15) is 19.2 Å². The van der Waals surface area contributed by atoms with Gasteiger partial charge in [-0.05, 0) is 85.3 Å². The third-order valence-electron chi connectivity index (χ3n) is 9.97. The number of fused-ring (bicyclic) bond motifs is 4. The Kier molecular flexibility index (Phi) is 7.50. The van der Waals surface area contributed by atoms with E-state index in [1.807, 2.05) is 20.2 Å². The Labute approximate surface area is 235 Å². The van der Waals surface area contributed by atoms with Crippen LogP contribution in [0.15, 0.2) is 47.1 Å². The maximum atomic E-state index is 13.9. The second-order valence-corrected chi connectivity index (χ2v) is 12.2. The number of anilines is 1. The first kappa shape index (κ1) is 28.3. The second kappa shape index (κ2) is 10.6. The molecule has 0 saturated heterocycles. The molecule has 214 valence electrons. The first-order valence-corrected chi connectivity index (χ1v) is 14.3. The van der Waals surface area contributed by atoms with Gasteiger partial charge in [0.15, 0.2) is 18.0 Å². The first-order chi connectivity index (χ1) is 19.0. The predicted octanol–water partition coefficient (Wildman–Crippen LogP) is 4.03. The van der Waals surface area contributed by atoms with Gasteiger partial charge in [-0.25, -0.2) is 0 Å². The average Bonchev–Trinajstić information content (AvgIpc) is 3.22. The van der Waals surface area contributed by atoms with Gasteiger partial charge in [-0.1, -0.05) is 24.6 Å². The zero-order valence-corrected chi connectivity index (χ0v) is 24.0. The summed E-state index contributed by atoms with van der Waals surface area (Å²) in [4.78, 5) is 52.6. The van der Waals surface area contributed by atoms with Crippen molar-refractivity contribution in [3.8, 4) is 0 Å². The summed E-state index contributed by atoms with van der Waals surface area (Å²) >= 11 is 0. The van der Waals surface area contributed by atoms with E-state index in [4.69, 9.17) is 15.2 Å². The van der Waals surface area contributed by atoms with Crippen LogP contribution in [0.5, 0.6) is 0 Å². The average molecular weight is 549 g/mol. The largest absolute Gasteiger partial charge is 0.457 e. The number of hydrogen-bond donors (Lipinski definition) is 1. The maximum Gasteiger partial charge on any atom is 0.320 e. The number of nitrogens with two attached hydrogens (primary N) is 1. The molecule has 2 saturated carbocycles. The van der Waals surface area contributed by atoms with E-state index in [1.165, 1.54) is 18.1 Å². The number of hydrogen-bond acceptors (Lipinski definition) is 8. The summed E-state index contributed by atoms with van der Waals surface area (Å²) < 4.78 is 11.2. The number of Topliss-reactive ketones (excluding diaryl/α,β-unsaturated/α-hetero) is 1. The van der Waals surface area contributed by atoms with Crippen LogP contribution in [0.2, 0.25) is 0 Å². The molecule has 0 amide bonds. The van der Waals surface area contributed by atoms with E-state index in [-0.39, 0.29) is 35.9 Å². The fourth-order valence-corrected chi connectivity index (χ4v) is 8.20. The standard InChI is InChI=1S/C32H40N2O6/c1-19(35)40-32(28(37)18-39-29(38)17-33)14-13-27-25-11-7-21-15-23(36)10-12-24(21)30(25)26(16-31(27,32)2)20-5-8-22(9-6-20)34(3)4/h5-6,8-9,15,25-27H,7,10-14,16-18,33H2,1-4H3/t25?,26?,27?,31-,32+/m0/s1. The second-order valence-electron chi connectivity index (χ2n) is 12.2. The number of carbonyl (C=O) groups excluding carboxylic acids is 4. The molecule has 2 N–H and O–H groups in total. The van der Waals surface area contributed by atoms with Crippen LogP contribution in [0.1, 0.15) is 70.3 Å². The number of benzene rings is 1. The van der Waals surface area contributed by atoms with Crippen LogP contribution in [-0.2, 0) is 28.7 Å². The van der Waals surface area contributed by atoms with Gasteiger partial charge >= 0.3 is 11.9 Å². The van der Waals surface area contributed by atoms with Crippen LogP contribution >= 0.6 is 0 Å². The summed E-state index contributed by atoms with van der Waals surface area (Å²) in [6.45, 7) is 2.63. The highest BCUT2D eigenvalue weighted by Gasteiger charge is 2.68.